The first-order valence-electron chi connectivity index (χ1n) is 7.85. The van der Waals surface area contributed by atoms with E-state index in [2.05, 4.69) is 25.8 Å². The largest absolute Gasteiger partial charge is 0.243 e. The number of isocyanates is 1. The third kappa shape index (κ3) is 2.99. The van der Waals surface area contributed by atoms with E-state index in [4.69, 9.17) is 0 Å². The minimum Gasteiger partial charge on any atom is -0.211 e. The van der Waals surface area contributed by atoms with E-state index in [-0.39, 0.29) is 21.8 Å². The average molecular weight is 334 g/mol. The third-order valence-corrected chi connectivity index (χ3v) is 6.86. The molecule has 1 saturated heterocycles. The van der Waals surface area contributed by atoms with Crippen LogP contribution in [0.2, 0.25) is 0 Å². The summed E-state index contributed by atoms with van der Waals surface area (Å²) in [4.78, 5) is 14.1. The summed E-state index contributed by atoms with van der Waals surface area (Å²) >= 11 is 0. The van der Waals surface area contributed by atoms with Crippen molar-refractivity contribution in [1.82, 2.24) is 4.31 Å². The molecule has 3 rings (SSSR count). The van der Waals surface area contributed by atoms with Gasteiger partial charge in [-0.05, 0) is 48.3 Å². The summed E-state index contributed by atoms with van der Waals surface area (Å²) in [5.74, 6) is 0. The van der Waals surface area contributed by atoms with Gasteiger partial charge >= 0.3 is 0 Å². The Morgan fingerprint density at radius 2 is 2.00 bits per heavy atom. The maximum atomic E-state index is 13.1. The second kappa shape index (κ2) is 5.26. The van der Waals surface area contributed by atoms with Crippen LogP contribution in [0, 0.1) is 10.8 Å². The van der Waals surface area contributed by atoms with Crippen LogP contribution in [0.3, 0.4) is 0 Å². The van der Waals surface area contributed by atoms with Crippen LogP contribution in [0.15, 0.2) is 34.2 Å². The second-order valence-corrected chi connectivity index (χ2v) is 9.85. The van der Waals surface area contributed by atoms with E-state index < -0.39 is 10.0 Å². The minimum absolute atomic E-state index is 0.0397. The summed E-state index contributed by atoms with van der Waals surface area (Å²) < 4.78 is 27.8. The van der Waals surface area contributed by atoms with Gasteiger partial charge in [0.25, 0.3) is 0 Å². The summed E-state index contributed by atoms with van der Waals surface area (Å²) in [6, 6.07) is 6.25. The van der Waals surface area contributed by atoms with Crippen LogP contribution in [-0.4, -0.2) is 31.4 Å². The lowest BCUT2D eigenvalue weighted by Gasteiger charge is -2.39. The van der Waals surface area contributed by atoms with E-state index in [1.807, 2.05) is 0 Å². The van der Waals surface area contributed by atoms with Gasteiger partial charge in [0.05, 0.1) is 10.6 Å². The Hall–Kier alpha value is -1.49. The summed E-state index contributed by atoms with van der Waals surface area (Å²) in [5.41, 5.74) is 0.513. The number of sulfonamides is 1. The molecule has 1 aliphatic carbocycles. The Kier molecular flexibility index (Phi) is 3.75. The van der Waals surface area contributed by atoms with Crippen molar-refractivity contribution in [3.05, 3.63) is 24.3 Å². The Morgan fingerprint density at radius 1 is 1.26 bits per heavy atom. The number of benzene rings is 1. The minimum atomic E-state index is -3.58. The summed E-state index contributed by atoms with van der Waals surface area (Å²) in [6.07, 6.45) is 4.29. The first-order chi connectivity index (χ1) is 10.7. The van der Waals surface area contributed by atoms with Gasteiger partial charge in [0, 0.05) is 12.6 Å². The third-order valence-electron chi connectivity index (χ3n) is 4.97. The first-order valence-corrected chi connectivity index (χ1v) is 9.29. The van der Waals surface area contributed by atoms with Crippen LogP contribution in [0.4, 0.5) is 5.69 Å². The molecule has 1 saturated carbocycles. The van der Waals surface area contributed by atoms with Crippen molar-refractivity contribution in [2.75, 3.05) is 6.54 Å². The lowest BCUT2D eigenvalue weighted by molar-refractivity contribution is 0.133. The zero-order valence-corrected chi connectivity index (χ0v) is 14.6. The van der Waals surface area contributed by atoms with Gasteiger partial charge in [-0.2, -0.15) is 9.30 Å². The van der Waals surface area contributed by atoms with Crippen LogP contribution in [0.5, 0.6) is 0 Å². The predicted octanol–water partition coefficient (Wildman–Crippen LogP) is 3.24. The van der Waals surface area contributed by atoms with Gasteiger partial charge in [-0.25, -0.2) is 13.2 Å². The predicted molar refractivity (Wildman–Crippen MR) is 87.6 cm³/mol. The van der Waals surface area contributed by atoms with Gasteiger partial charge in [-0.15, -0.1) is 0 Å². The molecule has 5 nitrogen and oxygen atoms in total. The standard InChI is InChI=1S/C17H22N2O3S/c1-16(2)8-14-9-17(3,10-16)11-19(14)23(21,22)15-6-4-5-13(7-15)18-12-20/h4-7,14H,8-11H2,1-3H3. The molecule has 6 heteroatoms. The van der Waals surface area contributed by atoms with Gasteiger partial charge in [0.1, 0.15) is 0 Å². The van der Waals surface area contributed by atoms with Crippen molar-refractivity contribution in [2.45, 2.75) is 51.0 Å². The van der Waals surface area contributed by atoms with Crippen molar-refractivity contribution in [2.24, 2.45) is 15.8 Å². The van der Waals surface area contributed by atoms with E-state index in [9.17, 15) is 13.2 Å². The topological polar surface area (TPSA) is 66.8 Å². The molecule has 1 heterocycles. The van der Waals surface area contributed by atoms with E-state index >= 15 is 0 Å². The van der Waals surface area contributed by atoms with E-state index in [0.29, 0.717) is 12.2 Å². The quantitative estimate of drug-likeness (QED) is 0.629. The smallest absolute Gasteiger partial charge is 0.211 e. The van der Waals surface area contributed by atoms with Crippen molar-refractivity contribution >= 4 is 21.8 Å². The highest BCUT2D eigenvalue weighted by Crippen LogP contribution is 2.53. The number of fused-ring (bicyclic) bond motifs is 2. The molecule has 1 aliphatic heterocycles. The molecule has 2 unspecified atom stereocenters. The molecule has 2 fully saturated rings. The van der Waals surface area contributed by atoms with Gasteiger partial charge < -0.3 is 0 Å². The summed E-state index contributed by atoms with van der Waals surface area (Å²) in [5, 5.41) is 0. The number of hydrogen-bond acceptors (Lipinski definition) is 4. The lowest BCUT2D eigenvalue weighted by Crippen LogP contribution is -2.37. The number of nitrogens with zero attached hydrogens (tertiary/aromatic N) is 2. The summed E-state index contributed by atoms with van der Waals surface area (Å²) in [6.45, 7) is 7.17. The van der Waals surface area contributed by atoms with E-state index in [1.54, 1.807) is 22.5 Å². The maximum Gasteiger partial charge on any atom is 0.243 e. The zero-order chi connectivity index (χ0) is 16.9. The normalized spacial score (nSPS) is 30.0. The monoisotopic (exact) mass is 334 g/mol. The van der Waals surface area contributed by atoms with Crippen molar-refractivity contribution < 1.29 is 13.2 Å². The van der Waals surface area contributed by atoms with Crippen LogP contribution in [0.25, 0.3) is 0 Å². The number of rotatable bonds is 3. The molecule has 1 aromatic rings. The highest BCUT2D eigenvalue weighted by Gasteiger charge is 2.53. The van der Waals surface area contributed by atoms with Crippen molar-refractivity contribution in [3.63, 3.8) is 0 Å². The molecule has 1 aromatic carbocycles. The lowest BCUT2D eigenvalue weighted by atomic mass is 9.65. The number of carbonyl (C=O) groups excluding carboxylic acids is 1. The molecular weight excluding hydrogens is 312 g/mol. The van der Waals surface area contributed by atoms with Gasteiger partial charge in [0.15, 0.2) is 0 Å². The molecule has 124 valence electrons. The molecule has 2 aliphatic rings. The van der Waals surface area contributed by atoms with E-state index in [0.717, 1.165) is 19.3 Å². The average Bonchev–Trinajstić information content (AvgIpc) is 2.69. The Balaban J connectivity index is 1.98. The molecule has 0 radical (unpaired) electrons. The van der Waals surface area contributed by atoms with Crippen LogP contribution in [0.1, 0.15) is 40.0 Å². The fraction of sp³-hybridized carbons (Fsp3) is 0.588. The van der Waals surface area contributed by atoms with Crippen molar-refractivity contribution in [3.8, 4) is 0 Å². The Labute approximate surface area is 137 Å². The van der Waals surface area contributed by atoms with Gasteiger partial charge in [-0.3, -0.25) is 0 Å². The van der Waals surface area contributed by atoms with Crippen molar-refractivity contribution in [1.29, 1.82) is 0 Å². The van der Waals surface area contributed by atoms with Gasteiger partial charge in [-0.1, -0.05) is 26.8 Å². The SMILES string of the molecule is CC1(C)CC2CC(C)(CN2S(=O)(=O)c2cccc(N=C=O)c2)C1. The highest BCUT2D eigenvalue weighted by molar-refractivity contribution is 7.89. The van der Waals surface area contributed by atoms with Crippen LogP contribution >= 0.6 is 0 Å². The van der Waals surface area contributed by atoms with Crippen LogP contribution < -0.4 is 0 Å². The molecule has 2 atom stereocenters. The fourth-order valence-electron chi connectivity index (χ4n) is 4.59. The van der Waals surface area contributed by atoms with Gasteiger partial charge in [0.2, 0.25) is 16.1 Å². The molecule has 0 aromatic heterocycles. The summed E-state index contributed by atoms with van der Waals surface area (Å²) in [7, 11) is -3.58. The Bertz CT molecular complexity index is 781. The highest BCUT2D eigenvalue weighted by atomic mass is 32.2. The Morgan fingerprint density at radius 3 is 2.70 bits per heavy atom. The fourth-order valence-corrected chi connectivity index (χ4v) is 6.41. The zero-order valence-electron chi connectivity index (χ0n) is 13.7. The number of aliphatic imine (C=N–C) groups is 1. The molecule has 0 amide bonds. The molecule has 0 spiro atoms. The molecule has 0 N–H and O–H groups in total. The van der Waals surface area contributed by atoms with Crippen LogP contribution in [-0.2, 0) is 14.8 Å². The van der Waals surface area contributed by atoms with E-state index in [1.165, 1.54) is 12.1 Å². The molecule has 2 bridgehead atoms. The molecular formula is C17H22N2O3S. The molecule has 23 heavy (non-hydrogen) atoms. The first kappa shape index (κ1) is 16.4. The number of hydrogen-bond donors (Lipinski definition) is 0. The second-order valence-electron chi connectivity index (χ2n) is 7.96. The maximum absolute atomic E-state index is 13.1.